The third-order valence-corrected chi connectivity index (χ3v) is 4.40. The highest BCUT2D eigenvalue weighted by Crippen LogP contribution is 2.30. The predicted molar refractivity (Wildman–Crippen MR) is 92.4 cm³/mol. The maximum atomic E-state index is 12.6. The summed E-state index contributed by atoms with van der Waals surface area (Å²) in [5.74, 6) is -0.827. The molecule has 1 amide bonds. The lowest BCUT2D eigenvalue weighted by molar-refractivity contribution is -0.137. The molecule has 1 heterocycles. The molecule has 7 heteroatoms. The smallest absolute Gasteiger partial charge is 0.350 e. The normalized spacial score (nSPS) is 13.0. The number of alkyl halides is 3. The van der Waals surface area contributed by atoms with Crippen molar-refractivity contribution in [3.05, 3.63) is 65.4 Å². The van der Waals surface area contributed by atoms with Crippen molar-refractivity contribution in [2.75, 3.05) is 0 Å². The molecule has 2 aromatic carbocycles. The van der Waals surface area contributed by atoms with Gasteiger partial charge in [0.05, 0.1) is 29.2 Å². The summed E-state index contributed by atoms with van der Waals surface area (Å²) < 4.78 is 39.6. The molecule has 0 fully saturated rings. The van der Waals surface area contributed by atoms with Gasteiger partial charge in [-0.3, -0.25) is 9.48 Å². The van der Waals surface area contributed by atoms with Gasteiger partial charge in [-0.25, -0.2) is 0 Å². The van der Waals surface area contributed by atoms with E-state index >= 15 is 0 Å². The lowest BCUT2D eigenvalue weighted by atomic mass is 9.99. The summed E-state index contributed by atoms with van der Waals surface area (Å²) in [5, 5.41) is 8.18. The van der Waals surface area contributed by atoms with Crippen LogP contribution in [0.15, 0.2) is 48.5 Å². The Morgan fingerprint density at radius 1 is 1.15 bits per heavy atom. The molecule has 0 spiro atoms. The Morgan fingerprint density at radius 3 is 2.46 bits per heavy atom. The molecule has 0 saturated carbocycles. The molecular formula is C19H18F3N3O. The number of carbonyl (C=O) groups is 1. The molecule has 4 nitrogen and oxygen atoms in total. The highest BCUT2D eigenvalue weighted by molar-refractivity contribution is 5.85. The van der Waals surface area contributed by atoms with Crippen molar-refractivity contribution in [3.63, 3.8) is 0 Å². The minimum absolute atomic E-state index is 0.255. The molecule has 1 aromatic heterocycles. The average molecular weight is 361 g/mol. The van der Waals surface area contributed by atoms with Crippen LogP contribution in [0.25, 0.3) is 10.9 Å². The van der Waals surface area contributed by atoms with Crippen molar-refractivity contribution >= 4 is 16.8 Å². The zero-order chi connectivity index (χ0) is 18.9. The third kappa shape index (κ3) is 3.56. The second kappa shape index (κ2) is 6.82. The highest BCUT2D eigenvalue weighted by atomic mass is 19.4. The zero-order valence-corrected chi connectivity index (χ0v) is 14.3. The Kier molecular flexibility index (Phi) is 4.71. The Labute approximate surface area is 148 Å². The van der Waals surface area contributed by atoms with Crippen molar-refractivity contribution < 1.29 is 18.0 Å². The van der Waals surface area contributed by atoms with Crippen LogP contribution in [0.4, 0.5) is 13.2 Å². The molecule has 1 N–H and O–H groups in total. The number of rotatable bonds is 4. The standard InChI is InChI=1S/C19H18F3N3O/c1-12(13-7-9-14(10-8-13)19(20,21)22)18(26)23-11-16-15-5-3-4-6-17(15)25(2)24-16/h3-10,12H,11H2,1-2H3,(H,23,26). The van der Waals surface area contributed by atoms with Gasteiger partial charge in [0, 0.05) is 12.4 Å². The van der Waals surface area contributed by atoms with Gasteiger partial charge in [0.2, 0.25) is 5.91 Å². The molecule has 0 aliphatic rings. The van der Waals surface area contributed by atoms with Gasteiger partial charge in [-0.05, 0) is 30.7 Å². The lowest BCUT2D eigenvalue weighted by Gasteiger charge is -2.13. The van der Waals surface area contributed by atoms with Crippen molar-refractivity contribution in [1.29, 1.82) is 0 Å². The van der Waals surface area contributed by atoms with Gasteiger partial charge in [0.25, 0.3) is 0 Å². The summed E-state index contributed by atoms with van der Waals surface area (Å²) >= 11 is 0. The first kappa shape index (κ1) is 18.0. The van der Waals surface area contributed by atoms with E-state index in [0.717, 1.165) is 28.7 Å². The van der Waals surface area contributed by atoms with E-state index in [2.05, 4.69) is 10.4 Å². The molecule has 26 heavy (non-hydrogen) atoms. The lowest BCUT2D eigenvalue weighted by Crippen LogP contribution is -2.27. The Morgan fingerprint density at radius 2 is 1.81 bits per heavy atom. The molecule has 3 aromatic rings. The van der Waals surface area contributed by atoms with E-state index in [9.17, 15) is 18.0 Å². The minimum Gasteiger partial charge on any atom is -0.350 e. The predicted octanol–water partition coefficient (Wildman–Crippen LogP) is 4.01. The van der Waals surface area contributed by atoms with Crippen LogP contribution in [-0.4, -0.2) is 15.7 Å². The van der Waals surface area contributed by atoms with Crippen molar-refractivity contribution in [2.45, 2.75) is 25.6 Å². The molecule has 3 rings (SSSR count). The van der Waals surface area contributed by atoms with E-state index in [0.29, 0.717) is 5.56 Å². The minimum atomic E-state index is -4.38. The van der Waals surface area contributed by atoms with Gasteiger partial charge < -0.3 is 5.32 Å². The maximum Gasteiger partial charge on any atom is 0.416 e. The molecule has 0 aliphatic carbocycles. The fraction of sp³-hybridized carbons (Fsp3) is 0.263. The van der Waals surface area contributed by atoms with Crippen LogP contribution in [0, 0.1) is 0 Å². The summed E-state index contributed by atoms with van der Waals surface area (Å²) in [6, 6.07) is 12.4. The zero-order valence-electron chi connectivity index (χ0n) is 14.3. The van der Waals surface area contributed by atoms with Crippen LogP contribution in [0.5, 0.6) is 0 Å². The number of nitrogens with one attached hydrogen (secondary N) is 1. The van der Waals surface area contributed by atoms with Gasteiger partial charge >= 0.3 is 6.18 Å². The molecule has 1 unspecified atom stereocenters. The van der Waals surface area contributed by atoms with Crippen LogP contribution >= 0.6 is 0 Å². The van der Waals surface area contributed by atoms with E-state index in [1.807, 2.05) is 31.3 Å². The van der Waals surface area contributed by atoms with Crippen LogP contribution in [0.2, 0.25) is 0 Å². The van der Waals surface area contributed by atoms with Gasteiger partial charge in [0.1, 0.15) is 0 Å². The summed E-state index contributed by atoms with van der Waals surface area (Å²) in [4.78, 5) is 12.4. The molecule has 1 atom stereocenters. The SMILES string of the molecule is CC(C(=O)NCc1nn(C)c2ccccc12)c1ccc(C(F)(F)F)cc1. The second-order valence-corrected chi connectivity index (χ2v) is 6.15. The first-order chi connectivity index (χ1) is 12.3. The average Bonchev–Trinajstić information content (AvgIpc) is 2.95. The van der Waals surface area contributed by atoms with Crippen LogP contribution < -0.4 is 5.32 Å². The Bertz CT molecular complexity index is 929. The quantitative estimate of drug-likeness (QED) is 0.763. The molecular weight excluding hydrogens is 343 g/mol. The first-order valence-electron chi connectivity index (χ1n) is 8.13. The summed E-state index contributed by atoms with van der Waals surface area (Å²) in [6.07, 6.45) is -4.38. The molecule has 0 saturated heterocycles. The van der Waals surface area contributed by atoms with E-state index in [4.69, 9.17) is 0 Å². The number of aromatic nitrogens is 2. The van der Waals surface area contributed by atoms with Crippen molar-refractivity contribution in [2.24, 2.45) is 7.05 Å². The van der Waals surface area contributed by atoms with Gasteiger partial charge in [-0.2, -0.15) is 18.3 Å². The summed E-state index contributed by atoms with van der Waals surface area (Å²) in [6.45, 7) is 1.92. The van der Waals surface area contributed by atoms with E-state index < -0.39 is 17.7 Å². The van der Waals surface area contributed by atoms with E-state index in [1.54, 1.807) is 11.6 Å². The van der Waals surface area contributed by atoms with E-state index in [1.165, 1.54) is 12.1 Å². The van der Waals surface area contributed by atoms with E-state index in [-0.39, 0.29) is 12.5 Å². The number of carbonyl (C=O) groups excluding carboxylic acids is 1. The molecule has 136 valence electrons. The fourth-order valence-corrected chi connectivity index (χ4v) is 2.86. The highest BCUT2D eigenvalue weighted by Gasteiger charge is 2.30. The van der Waals surface area contributed by atoms with Gasteiger partial charge in [0.15, 0.2) is 0 Å². The van der Waals surface area contributed by atoms with Crippen LogP contribution in [0.1, 0.15) is 29.7 Å². The largest absolute Gasteiger partial charge is 0.416 e. The first-order valence-corrected chi connectivity index (χ1v) is 8.13. The number of para-hydroxylation sites is 1. The molecule has 0 bridgehead atoms. The summed E-state index contributed by atoms with van der Waals surface area (Å²) in [7, 11) is 1.83. The number of fused-ring (bicyclic) bond motifs is 1. The maximum absolute atomic E-state index is 12.6. The number of amides is 1. The number of nitrogens with zero attached hydrogens (tertiary/aromatic N) is 2. The molecule has 0 aliphatic heterocycles. The molecule has 0 radical (unpaired) electrons. The fourth-order valence-electron chi connectivity index (χ4n) is 2.86. The number of benzene rings is 2. The summed E-state index contributed by atoms with van der Waals surface area (Å²) in [5.41, 5.74) is 1.51. The Balaban J connectivity index is 1.69. The van der Waals surface area contributed by atoms with Gasteiger partial charge in [-0.15, -0.1) is 0 Å². The van der Waals surface area contributed by atoms with Gasteiger partial charge in [-0.1, -0.05) is 30.3 Å². The number of hydrogen-bond donors (Lipinski definition) is 1. The van der Waals surface area contributed by atoms with Crippen LogP contribution in [-0.2, 0) is 24.6 Å². The van der Waals surface area contributed by atoms with Crippen molar-refractivity contribution in [3.8, 4) is 0 Å². The monoisotopic (exact) mass is 361 g/mol. The second-order valence-electron chi connectivity index (χ2n) is 6.15. The number of halogens is 3. The van der Waals surface area contributed by atoms with Crippen molar-refractivity contribution in [1.82, 2.24) is 15.1 Å². The third-order valence-electron chi connectivity index (χ3n) is 4.40. The van der Waals surface area contributed by atoms with Crippen LogP contribution in [0.3, 0.4) is 0 Å². The Hall–Kier alpha value is -2.83. The number of aryl methyl sites for hydroxylation is 1. The number of hydrogen-bond acceptors (Lipinski definition) is 2. The topological polar surface area (TPSA) is 46.9 Å².